The Kier molecular flexibility index (Phi) is 6.49. The van der Waals surface area contributed by atoms with Crippen molar-refractivity contribution in [1.29, 1.82) is 0 Å². The zero-order valence-electron chi connectivity index (χ0n) is 9.55. The van der Waals surface area contributed by atoms with Gasteiger partial charge in [0.25, 0.3) is 0 Å². The zero-order chi connectivity index (χ0) is 11.0. The first-order valence-corrected chi connectivity index (χ1v) is 4.91. The fourth-order valence-electron chi connectivity index (χ4n) is 0.730. The van der Waals surface area contributed by atoms with Crippen LogP contribution in [-0.4, -0.2) is 33.0 Å². The van der Waals surface area contributed by atoms with Crippen LogP contribution >= 0.6 is 0 Å². The minimum absolute atomic E-state index is 0.140. The maximum atomic E-state index is 11.4. The second-order valence-corrected chi connectivity index (χ2v) is 3.81. The third-order valence-electron chi connectivity index (χ3n) is 2.19. The van der Waals surface area contributed by atoms with E-state index in [2.05, 4.69) is 5.32 Å². The van der Waals surface area contributed by atoms with Crippen molar-refractivity contribution in [2.24, 2.45) is 5.41 Å². The largest absolute Gasteiger partial charge is 0.464 e. The molecule has 0 bridgehead atoms. The minimum Gasteiger partial charge on any atom is -0.464 e. The quantitative estimate of drug-likeness (QED) is 0.383. The average Bonchev–Trinajstić information content (AvgIpc) is 2.17. The van der Waals surface area contributed by atoms with Gasteiger partial charge in [-0.1, -0.05) is 6.92 Å². The second-order valence-electron chi connectivity index (χ2n) is 3.81. The van der Waals surface area contributed by atoms with Crippen LogP contribution < -0.4 is 5.32 Å². The number of nitrogens with one attached hydrogen (secondary N) is 1. The molecule has 4 heteroatoms. The standard InChI is InChI=1S/C10H21NO3/c1-5-10(2,3)9(12)14-7-6-11-8-13-4/h11H,5-8H2,1-4H3. The first-order chi connectivity index (χ1) is 6.54. The Morgan fingerprint density at radius 3 is 2.57 bits per heavy atom. The monoisotopic (exact) mass is 203 g/mol. The highest BCUT2D eigenvalue weighted by Crippen LogP contribution is 2.20. The number of carbonyl (C=O) groups is 1. The lowest BCUT2D eigenvalue weighted by Gasteiger charge is -2.20. The molecule has 0 aliphatic heterocycles. The van der Waals surface area contributed by atoms with Crippen molar-refractivity contribution in [3.63, 3.8) is 0 Å². The molecule has 0 aliphatic rings. The fraction of sp³-hybridized carbons (Fsp3) is 0.900. The number of ether oxygens (including phenoxy) is 2. The molecule has 0 saturated heterocycles. The molecule has 1 N–H and O–H groups in total. The predicted molar refractivity (Wildman–Crippen MR) is 54.9 cm³/mol. The van der Waals surface area contributed by atoms with Gasteiger partial charge in [-0.05, 0) is 20.3 Å². The van der Waals surface area contributed by atoms with Crippen molar-refractivity contribution in [2.75, 3.05) is 27.0 Å². The Labute approximate surface area is 86.0 Å². The Hall–Kier alpha value is -0.610. The van der Waals surface area contributed by atoms with Crippen molar-refractivity contribution in [3.05, 3.63) is 0 Å². The fourth-order valence-corrected chi connectivity index (χ4v) is 0.730. The molecule has 0 aromatic carbocycles. The average molecular weight is 203 g/mol. The zero-order valence-corrected chi connectivity index (χ0v) is 9.55. The highest BCUT2D eigenvalue weighted by Gasteiger charge is 2.26. The maximum Gasteiger partial charge on any atom is 0.311 e. The topological polar surface area (TPSA) is 47.6 Å². The summed E-state index contributed by atoms with van der Waals surface area (Å²) in [5, 5.41) is 2.96. The summed E-state index contributed by atoms with van der Waals surface area (Å²) in [6, 6.07) is 0. The first-order valence-electron chi connectivity index (χ1n) is 4.91. The summed E-state index contributed by atoms with van der Waals surface area (Å²) >= 11 is 0. The van der Waals surface area contributed by atoms with E-state index in [1.165, 1.54) is 0 Å². The van der Waals surface area contributed by atoms with Gasteiger partial charge in [0.15, 0.2) is 0 Å². The van der Waals surface area contributed by atoms with Crippen LogP contribution in [0.15, 0.2) is 0 Å². The van der Waals surface area contributed by atoms with Crippen molar-refractivity contribution >= 4 is 5.97 Å². The van der Waals surface area contributed by atoms with Crippen LogP contribution in [0.5, 0.6) is 0 Å². The van der Waals surface area contributed by atoms with Gasteiger partial charge in [-0.25, -0.2) is 0 Å². The molecule has 0 atom stereocenters. The molecule has 14 heavy (non-hydrogen) atoms. The molecule has 0 aliphatic carbocycles. The second kappa shape index (κ2) is 6.79. The van der Waals surface area contributed by atoms with Gasteiger partial charge in [0, 0.05) is 13.7 Å². The van der Waals surface area contributed by atoms with Gasteiger partial charge < -0.3 is 9.47 Å². The summed E-state index contributed by atoms with van der Waals surface area (Å²) in [6.45, 7) is 7.25. The van der Waals surface area contributed by atoms with Crippen molar-refractivity contribution in [2.45, 2.75) is 27.2 Å². The lowest BCUT2D eigenvalue weighted by Crippen LogP contribution is -2.29. The minimum atomic E-state index is -0.374. The molecule has 0 unspecified atom stereocenters. The highest BCUT2D eigenvalue weighted by atomic mass is 16.5. The number of carbonyl (C=O) groups excluding carboxylic acids is 1. The molecule has 4 nitrogen and oxygen atoms in total. The molecule has 0 spiro atoms. The molecule has 0 rings (SSSR count). The van der Waals surface area contributed by atoms with Crippen molar-refractivity contribution in [3.8, 4) is 0 Å². The maximum absolute atomic E-state index is 11.4. The molecule has 0 heterocycles. The molecule has 0 aromatic heterocycles. The molecule has 0 saturated carbocycles. The van der Waals surface area contributed by atoms with Gasteiger partial charge in [-0.2, -0.15) is 0 Å². The van der Waals surface area contributed by atoms with Gasteiger partial charge in [-0.15, -0.1) is 0 Å². The number of esters is 1. The van der Waals surface area contributed by atoms with Crippen LogP contribution in [-0.2, 0) is 14.3 Å². The van der Waals surface area contributed by atoms with Crippen molar-refractivity contribution in [1.82, 2.24) is 5.32 Å². The summed E-state index contributed by atoms with van der Waals surface area (Å²) in [5.74, 6) is -0.140. The van der Waals surface area contributed by atoms with Gasteiger partial charge >= 0.3 is 5.97 Å². The van der Waals surface area contributed by atoms with E-state index in [0.717, 1.165) is 6.42 Å². The predicted octanol–water partition coefficient (Wildman–Crippen LogP) is 1.16. The molecular formula is C10H21NO3. The number of rotatable bonds is 7. The van der Waals surface area contributed by atoms with Gasteiger partial charge in [0.2, 0.25) is 0 Å². The van der Waals surface area contributed by atoms with Crippen LogP contribution in [0, 0.1) is 5.41 Å². The molecule has 0 aromatic rings. The summed E-state index contributed by atoms with van der Waals surface area (Å²) in [6.07, 6.45) is 0.789. The first kappa shape index (κ1) is 13.4. The van der Waals surface area contributed by atoms with E-state index in [4.69, 9.17) is 9.47 Å². The van der Waals surface area contributed by atoms with Gasteiger partial charge in [-0.3, -0.25) is 10.1 Å². The van der Waals surface area contributed by atoms with E-state index >= 15 is 0 Å². The summed E-state index contributed by atoms with van der Waals surface area (Å²) in [4.78, 5) is 11.4. The van der Waals surface area contributed by atoms with E-state index in [1.807, 2.05) is 20.8 Å². The Morgan fingerprint density at radius 1 is 1.43 bits per heavy atom. The van der Waals surface area contributed by atoms with Crippen LogP contribution in [0.2, 0.25) is 0 Å². The highest BCUT2D eigenvalue weighted by molar-refractivity contribution is 5.75. The summed E-state index contributed by atoms with van der Waals surface area (Å²) < 4.78 is 9.87. The molecular weight excluding hydrogens is 182 g/mol. The summed E-state index contributed by atoms with van der Waals surface area (Å²) in [7, 11) is 1.61. The number of hydrogen-bond donors (Lipinski definition) is 1. The smallest absolute Gasteiger partial charge is 0.311 e. The van der Waals surface area contributed by atoms with Crippen LogP contribution in [0.1, 0.15) is 27.2 Å². The Bertz CT molecular complexity index is 169. The van der Waals surface area contributed by atoms with Crippen LogP contribution in [0.4, 0.5) is 0 Å². The third kappa shape index (κ3) is 5.19. The van der Waals surface area contributed by atoms with Gasteiger partial charge in [0.1, 0.15) is 6.61 Å². The summed E-state index contributed by atoms with van der Waals surface area (Å²) in [5.41, 5.74) is -0.374. The van der Waals surface area contributed by atoms with Crippen LogP contribution in [0.25, 0.3) is 0 Å². The van der Waals surface area contributed by atoms with E-state index in [0.29, 0.717) is 19.9 Å². The molecule has 0 amide bonds. The molecule has 0 fully saturated rings. The van der Waals surface area contributed by atoms with Crippen molar-refractivity contribution < 1.29 is 14.3 Å². The lowest BCUT2D eigenvalue weighted by atomic mass is 9.91. The van der Waals surface area contributed by atoms with E-state index < -0.39 is 0 Å². The normalized spacial score (nSPS) is 11.4. The van der Waals surface area contributed by atoms with Gasteiger partial charge in [0.05, 0.1) is 12.1 Å². The van der Waals surface area contributed by atoms with Crippen LogP contribution in [0.3, 0.4) is 0 Å². The number of hydrogen-bond acceptors (Lipinski definition) is 4. The molecule has 0 radical (unpaired) electrons. The van der Waals surface area contributed by atoms with E-state index in [9.17, 15) is 4.79 Å². The lowest BCUT2D eigenvalue weighted by molar-refractivity contribution is -0.154. The SMILES string of the molecule is CCC(C)(C)C(=O)OCCNCOC. The number of methoxy groups -OCH3 is 1. The van der Waals surface area contributed by atoms with E-state index in [1.54, 1.807) is 7.11 Å². The molecule has 84 valence electrons. The third-order valence-corrected chi connectivity index (χ3v) is 2.19. The Balaban J connectivity index is 3.54. The Morgan fingerprint density at radius 2 is 2.07 bits per heavy atom. The van der Waals surface area contributed by atoms with E-state index in [-0.39, 0.29) is 11.4 Å².